The zero-order valence-corrected chi connectivity index (χ0v) is 10.8. The van der Waals surface area contributed by atoms with Gasteiger partial charge in [0.2, 0.25) is 0 Å². The molecule has 0 fully saturated rings. The maximum absolute atomic E-state index is 12.4. The Hall–Kier alpha value is -0.720. The summed E-state index contributed by atoms with van der Waals surface area (Å²) in [5.41, 5.74) is 0.214. The fourth-order valence-corrected chi connectivity index (χ4v) is 2.18. The van der Waals surface area contributed by atoms with E-state index in [4.69, 9.17) is 0 Å². The molecule has 0 aliphatic heterocycles. The Kier molecular flexibility index (Phi) is 4.92. The van der Waals surface area contributed by atoms with Crippen LogP contribution in [0.4, 0.5) is 26.3 Å². The van der Waals surface area contributed by atoms with Gasteiger partial charge in [-0.3, -0.25) is 0 Å². The van der Waals surface area contributed by atoms with Crippen molar-refractivity contribution >= 4 is 0 Å². The second kappa shape index (κ2) is 5.73. The van der Waals surface area contributed by atoms with E-state index in [0.717, 1.165) is 0 Å². The third-order valence-electron chi connectivity index (χ3n) is 3.46. The molecule has 0 N–H and O–H groups in total. The van der Waals surface area contributed by atoms with Crippen molar-refractivity contribution in [1.29, 1.82) is 0 Å². The SMILES string of the molecule is CC(C)C1CC=C(CN(C(F)(F)F)C(F)(F)F)CC1. The average molecular weight is 289 g/mol. The van der Waals surface area contributed by atoms with Gasteiger partial charge in [-0.2, -0.15) is 26.3 Å². The van der Waals surface area contributed by atoms with E-state index in [-0.39, 0.29) is 5.57 Å². The van der Waals surface area contributed by atoms with Crippen LogP contribution < -0.4 is 0 Å². The van der Waals surface area contributed by atoms with E-state index in [2.05, 4.69) is 0 Å². The molecule has 0 saturated carbocycles. The molecule has 7 heteroatoms. The minimum absolute atomic E-state index is 0.214. The van der Waals surface area contributed by atoms with Crippen molar-refractivity contribution in [2.75, 3.05) is 6.54 Å². The molecule has 1 atom stereocenters. The van der Waals surface area contributed by atoms with E-state index in [0.29, 0.717) is 31.1 Å². The first-order valence-corrected chi connectivity index (χ1v) is 6.11. The van der Waals surface area contributed by atoms with Crippen LogP contribution in [0.3, 0.4) is 0 Å². The number of nitrogens with zero attached hydrogens (tertiary/aromatic N) is 1. The molecule has 1 aliphatic rings. The Morgan fingerprint density at radius 1 is 1.16 bits per heavy atom. The third-order valence-corrected chi connectivity index (χ3v) is 3.46. The highest BCUT2D eigenvalue weighted by Crippen LogP contribution is 2.36. The zero-order chi connectivity index (χ0) is 14.8. The zero-order valence-electron chi connectivity index (χ0n) is 10.8. The molecule has 19 heavy (non-hydrogen) atoms. The van der Waals surface area contributed by atoms with Crippen molar-refractivity contribution in [2.45, 2.75) is 45.7 Å². The second-order valence-electron chi connectivity index (χ2n) is 5.16. The fraction of sp³-hybridized carbons (Fsp3) is 0.833. The van der Waals surface area contributed by atoms with E-state index < -0.39 is 24.0 Å². The summed E-state index contributed by atoms with van der Waals surface area (Å²) in [6.45, 7) is 2.89. The molecule has 0 heterocycles. The van der Waals surface area contributed by atoms with Crippen LogP contribution in [0.15, 0.2) is 11.6 Å². The van der Waals surface area contributed by atoms with Crippen LogP contribution in [-0.2, 0) is 0 Å². The summed E-state index contributed by atoms with van der Waals surface area (Å²) in [6.07, 6.45) is -7.77. The summed E-state index contributed by atoms with van der Waals surface area (Å²) < 4.78 is 74.1. The molecule has 1 rings (SSSR count). The molecule has 1 unspecified atom stereocenters. The molecule has 1 nitrogen and oxygen atoms in total. The molecule has 0 aromatic heterocycles. The van der Waals surface area contributed by atoms with Crippen molar-refractivity contribution in [3.05, 3.63) is 11.6 Å². The van der Waals surface area contributed by atoms with E-state index >= 15 is 0 Å². The molecule has 0 amide bonds. The van der Waals surface area contributed by atoms with Crippen molar-refractivity contribution in [3.8, 4) is 0 Å². The molecule has 0 radical (unpaired) electrons. The van der Waals surface area contributed by atoms with Gasteiger partial charge in [-0.05, 0) is 31.1 Å². The van der Waals surface area contributed by atoms with Crippen molar-refractivity contribution < 1.29 is 26.3 Å². The van der Waals surface area contributed by atoms with Crippen LogP contribution in [0.5, 0.6) is 0 Å². The lowest BCUT2D eigenvalue weighted by Crippen LogP contribution is -2.49. The van der Waals surface area contributed by atoms with Gasteiger partial charge in [0.25, 0.3) is 0 Å². The summed E-state index contributed by atoms with van der Waals surface area (Å²) >= 11 is 0. The second-order valence-corrected chi connectivity index (χ2v) is 5.16. The van der Waals surface area contributed by atoms with Gasteiger partial charge in [-0.25, -0.2) is 0 Å². The summed E-state index contributed by atoms with van der Waals surface area (Å²) in [7, 11) is 0. The molecule has 0 saturated heterocycles. The highest BCUT2D eigenvalue weighted by atomic mass is 19.4. The lowest BCUT2D eigenvalue weighted by molar-refractivity contribution is -0.370. The smallest absolute Gasteiger partial charge is 0.155 e. The van der Waals surface area contributed by atoms with Gasteiger partial charge in [-0.1, -0.05) is 25.5 Å². The predicted molar refractivity (Wildman–Crippen MR) is 59.1 cm³/mol. The third kappa shape index (κ3) is 4.71. The van der Waals surface area contributed by atoms with Gasteiger partial charge in [0.15, 0.2) is 0 Å². The van der Waals surface area contributed by atoms with Gasteiger partial charge in [0.1, 0.15) is 0 Å². The topological polar surface area (TPSA) is 3.24 Å². The Bertz CT molecular complexity index is 314. The first kappa shape index (κ1) is 16.3. The van der Waals surface area contributed by atoms with Crippen molar-refractivity contribution in [3.63, 3.8) is 0 Å². The van der Waals surface area contributed by atoms with Gasteiger partial charge >= 0.3 is 12.6 Å². The Morgan fingerprint density at radius 3 is 2.00 bits per heavy atom. The van der Waals surface area contributed by atoms with Crippen molar-refractivity contribution in [1.82, 2.24) is 4.90 Å². The summed E-state index contributed by atoms with van der Waals surface area (Å²) in [5, 5.41) is 0. The Balaban J connectivity index is 2.72. The fourth-order valence-electron chi connectivity index (χ4n) is 2.18. The normalized spacial score (nSPS) is 22.0. The predicted octanol–water partition coefficient (Wildman–Crippen LogP) is 4.71. The molecule has 0 aromatic carbocycles. The van der Waals surface area contributed by atoms with Crippen molar-refractivity contribution in [2.24, 2.45) is 11.8 Å². The number of halogens is 6. The largest absolute Gasteiger partial charge is 0.467 e. The molecular formula is C12H17F6N. The van der Waals surface area contributed by atoms with E-state index in [1.807, 2.05) is 13.8 Å². The number of alkyl halides is 6. The molecule has 1 aliphatic carbocycles. The minimum Gasteiger partial charge on any atom is -0.155 e. The summed E-state index contributed by atoms with van der Waals surface area (Å²) in [4.78, 5) is -1.36. The van der Waals surface area contributed by atoms with E-state index in [1.54, 1.807) is 0 Å². The quantitative estimate of drug-likeness (QED) is 0.413. The van der Waals surface area contributed by atoms with Crippen LogP contribution in [0.25, 0.3) is 0 Å². The minimum atomic E-state index is -5.39. The maximum atomic E-state index is 12.4. The molecule has 0 aromatic rings. The Labute approximate surface area is 108 Å². The van der Waals surface area contributed by atoms with Gasteiger partial charge < -0.3 is 0 Å². The van der Waals surface area contributed by atoms with Crippen LogP contribution in [0.1, 0.15) is 33.1 Å². The van der Waals surface area contributed by atoms with Crippen LogP contribution in [0, 0.1) is 11.8 Å². The lowest BCUT2D eigenvalue weighted by Gasteiger charge is -2.30. The molecule has 0 spiro atoms. The van der Waals surface area contributed by atoms with Crippen LogP contribution in [0.2, 0.25) is 0 Å². The van der Waals surface area contributed by atoms with Gasteiger partial charge in [-0.15, -0.1) is 4.90 Å². The van der Waals surface area contributed by atoms with Crippen LogP contribution >= 0.6 is 0 Å². The van der Waals surface area contributed by atoms with E-state index in [1.165, 1.54) is 6.08 Å². The van der Waals surface area contributed by atoms with Crippen LogP contribution in [-0.4, -0.2) is 24.0 Å². The number of hydrogen-bond acceptors (Lipinski definition) is 1. The molecule has 112 valence electrons. The summed E-state index contributed by atoms with van der Waals surface area (Å²) in [5.74, 6) is 0.730. The van der Waals surface area contributed by atoms with E-state index in [9.17, 15) is 26.3 Å². The molecular weight excluding hydrogens is 272 g/mol. The first-order chi connectivity index (χ1) is 8.51. The summed E-state index contributed by atoms with van der Waals surface area (Å²) in [6, 6.07) is 0. The Morgan fingerprint density at radius 2 is 1.68 bits per heavy atom. The number of rotatable bonds is 3. The standard InChI is InChI=1S/C12H17F6N/c1-8(2)10-5-3-9(4-6-10)7-19(11(13,14)15)12(16,17)18/h3,8,10H,4-7H2,1-2H3. The monoisotopic (exact) mass is 289 g/mol. The number of hydrogen-bond donors (Lipinski definition) is 0. The van der Waals surface area contributed by atoms with Gasteiger partial charge in [0.05, 0.1) is 0 Å². The lowest BCUT2D eigenvalue weighted by atomic mass is 9.82. The molecule has 0 bridgehead atoms. The maximum Gasteiger partial charge on any atom is 0.467 e. The average Bonchev–Trinajstić information content (AvgIpc) is 2.23. The highest BCUT2D eigenvalue weighted by molar-refractivity contribution is 5.09. The van der Waals surface area contributed by atoms with Gasteiger partial charge in [0, 0.05) is 6.54 Å². The number of allylic oxidation sites excluding steroid dienone is 1. The highest BCUT2D eigenvalue weighted by Gasteiger charge is 2.53. The first-order valence-electron chi connectivity index (χ1n) is 6.11.